The van der Waals surface area contributed by atoms with Crippen molar-refractivity contribution >= 4 is 5.91 Å². The zero-order valence-electron chi connectivity index (χ0n) is 13.0. The van der Waals surface area contributed by atoms with Gasteiger partial charge in [-0.1, -0.05) is 13.3 Å². The molecule has 19 heavy (non-hydrogen) atoms. The Morgan fingerprint density at radius 1 is 1.47 bits per heavy atom. The number of carbonyl (C=O) groups excluding carboxylic acids is 1. The molecule has 1 fully saturated rings. The summed E-state index contributed by atoms with van der Waals surface area (Å²) in [6.07, 6.45) is 5.56. The standard InChI is InChI=1S/C15H31N3O/c1-5-15(3,4)17-14(19)12(2)18-11-7-6-8-13(18)9-10-16/h12-13H,5-11,16H2,1-4H3,(H,17,19). The smallest absolute Gasteiger partial charge is 0.237 e. The van der Waals surface area contributed by atoms with E-state index in [1.807, 2.05) is 6.92 Å². The van der Waals surface area contributed by atoms with Crippen LogP contribution in [0.2, 0.25) is 0 Å². The maximum atomic E-state index is 12.4. The number of piperidine rings is 1. The highest BCUT2D eigenvalue weighted by Crippen LogP contribution is 2.22. The van der Waals surface area contributed by atoms with E-state index in [4.69, 9.17) is 5.73 Å². The molecule has 0 spiro atoms. The summed E-state index contributed by atoms with van der Waals surface area (Å²) in [7, 11) is 0. The van der Waals surface area contributed by atoms with Crippen molar-refractivity contribution in [3.63, 3.8) is 0 Å². The summed E-state index contributed by atoms with van der Waals surface area (Å²) in [5, 5.41) is 3.15. The summed E-state index contributed by atoms with van der Waals surface area (Å²) in [5.41, 5.74) is 5.57. The normalized spacial score (nSPS) is 23.1. The molecule has 0 bridgehead atoms. The summed E-state index contributed by atoms with van der Waals surface area (Å²) in [6.45, 7) is 10.00. The van der Waals surface area contributed by atoms with Gasteiger partial charge in [-0.05, 0) is 59.5 Å². The number of hydrogen-bond donors (Lipinski definition) is 2. The van der Waals surface area contributed by atoms with Crippen LogP contribution in [0.5, 0.6) is 0 Å². The SMILES string of the molecule is CCC(C)(C)NC(=O)C(C)N1CCCCC1CCN. The summed E-state index contributed by atoms with van der Waals surface area (Å²) >= 11 is 0. The lowest BCUT2D eigenvalue weighted by Gasteiger charge is -2.40. The second-order valence-corrected chi connectivity index (χ2v) is 6.37. The quantitative estimate of drug-likeness (QED) is 0.774. The van der Waals surface area contributed by atoms with Gasteiger partial charge in [0.25, 0.3) is 0 Å². The van der Waals surface area contributed by atoms with Gasteiger partial charge in [0, 0.05) is 11.6 Å². The minimum atomic E-state index is -0.121. The number of nitrogens with two attached hydrogens (primary N) is 1. The van der Waals surface area contributed by atoms with Gasteiger partial charge in [0.2, 0.25) is 5.91 Å². The van der Waals surface area contributed by atoms with E-state index in [0.29, 0.717) is 12.6 Å². The van der Waals surface area contributed by atoms with E-state index in [1.54, 1.807) is 0 Å². The maximum Gasteiger partial charge on any atom is 0.237 e. The van der Waals surface area contributed by atoms with Gasteiger partial charge in [-0.2, -0.15) is 0 Å². The van der Waals surface area contributed by atoms with Crippen LogP contribution in [0.4, 0.5) is 0 Å². The molecule has 112 valence electrons. The number of likely N-dealkylation sites (tertiary alicyclic amines) is 1. The second kappa shape index (κ2) is 7.25. The van der Waals surface area contributed by atoms with Crippen LogP contribution >= 0.6 is 0 Å². The highest BCUT2D eigenvalue weighted by Gasteiger charge is 2.31. The van der Waals surface area contributed by atoms with Crippen molar-refractivity contribution in [2.75, 3.05) is 13.1 Å². The van der Waals surface area contributed by atoms with Crippen LogP contribution in [0.15, 0.2) is 0 Å². The monoisotopic (exact) mass is 269 g/mol. The third-order valence-corrected chi connectivity index (χ3v) is 4.39. The van der Waals surface area contributed by atoms with Gasteiger partial charge in [-0.25, -0.2) is 0 Å². The summed E-state index contributed by atoms with van der Waals surface area (Å²) in [4.78, 5) is 14.7. The molecule has 0 aromatic heterocycles. The third-order valence-electron chi connectivity index (χ3n) is 4.39. The first-order valence-corrected chi connectivity index (χ1v) is 7.69. The van der Waals surface area contributed by atoms with Crippen LogP contribution in [-0.4, -0.2) is 41.5 Å². The van der Waals surface area contributed by atoms with Gasteiger partial charge in [0.15, 0.2) is 0 Å². The van der Waals surface area contributed by atoms with E-state index in [1.165, 1.54) is 19.3 Å². The second-order valence-electron chi connectivity index (χ2n) is 6.37. The minimum Gasteiger partial charge on any atom is -0.350 e. The summed E-state index contributed by atoms with van der Waals surface area (Å²) in [5.74, 6) is 0.149. The topological polar surface area (TPSA) is 58.4 Å². The first-order chi connectivity index (χ1) is 8.91. The van der Waals surface area contributed by atoms with Crippen LogP contribution in [-0.2, 0) is 4.79 Å². The minimum absolute atomic E-state index is 0.0531. The van der Waals surface area contributed by atoms with Crippen molar-refractivity contribution in [1.29, 1.82) is 0 Å². The van der Waals surface area contributed by atoms with Crippen molar-refractivity contribution in [2.24, 2.45) is 5.73 Å². The van der Waals surface area contributed by atoms with Gasteiger partial charge >= 0.3 is 0 Å². The van der Waals surface area contributed by atoms with Crippen LogP contribution in [0.25, 0.3) is 0 Å². The molecule has 1 amide bonds. The fourth-order valence-electron chi connectivity index (χ4n) is 2.71. The van der Waals surface area contributed by atoms with Gasteiger partial charge in [-0.3, -0.25) is 9.69 Å². The molecule has 0 radical (unpaired) electrons. The molecule has 2 atom stereocenters. The van der Waals surface area contributed by atoms with E-state index in [9.17, 15) is 4.79 Å². The van der Waals surface area contributed by atoms with Crippen LogP contribution < -0.4 is 11.1 Å². The zero-order chi connectivity index (χ0) is 14.5. The fraction of sp³-hybridized carbons (Fsp3) is 0.933. The molecule has 1 rings (SSSR count). The van der Waals surface area contributed by atoms with E-state index in [2.05, 4.69) is 31.0 Å². The maximum absolute atomic E-state index is 12.4. The van der Waals surface area contributed by atoms with Gasteiger partial charge in [0.1, 0.15) is 0 Å². The predicted octanol–water partition coefficient (Wildman–Crippen LogP) is 1.88. The average Bonchev–Trinajstić information content (AvgIpc) is 2.38. The van der Waals surface area contributed by atoms with Gasteiger partial charge < -0.3 is 11.1 Å². The number of hydrogen-bond acceptors (Lipinski definition) is 3. The fourth-order valence-corrected chi connectivity index (χ4v) is 2.71. The average molecular weight is 269 g/mol. The Balaban J connectivity index is 2.63. The molecule has 0 aliphatic carbocycles. The molecule has 4 heteroatoms. The van der Waals surface area contributed by atoms with Crippen molar-refractivity contribution in [1.82, 2.24) is 10.2 Å². The van der Waals surface area contributed by atoms with E-state index in [-0.39, 0.29) is 17.5 Å². The van der Waals surface area contributed by atoms with Crippen LogP contribution in [0.1, 0.15) is 59.8 Å². The molecule has 3 N–H and O–H groups in total. The molecular formula is C15H31N3O. The predicted molar refractivity (Wildman–Crippen MR) is 80.0 cm³/mol. The lowest BCUT2D eigenvalue weighted by atomic mass is 9.96. The number of nitrogens with one attached hydrogen (secondary N) is 1. The van der Waals surface area contributed by atoms with Crippen molar-refractivity contribution < 1.29 is 4.79 Å². The van der Waals surface area contributed by atoms with E-state index in [0.717, 1.165) is 19.4 Å². The molecule has 1 heterocycles. The van der Waals surface area contributed by atoms with E-state index >= 15 is 0 Å². The Labute approximate surface area is 118 Å². The van der Waals surface area contributed by atoms with E-state index < -0.39 is 0 Å². The Hall–Kier alpha value is -0.610. The van der Waals surface area contributed by atoms with Gasteiger partial charge in [0.05, 0.1) is 6.04 Å². The Kier molecular flexibility index (Phi) is 6.27. The number of nitrogens with zero attached hydrogens (tertiary/aromatic N) is 1. The van der Waals surface area contributed by atoms with Crippen LogP contribution in [0, 0.1) is 0 Å². The Bertz CT molecular complexity index is 289. The van der Waals surface area contributed by atoms with Crippen molar-refractivity contribution in [3.8, 4) is 0 Å². The Morgan fingerprint density at radius 2 is 2.16 bits per heavy atom. The molecule has 0 aromatic rings. The van der Waals surface area contributed by atoms with Crippen LogP contribution in [0.3, 0.4) is 0 Å². The first kappa shape index (κ1) is 16.4. The van der Waals surface area contributed by atoms with Crippen molar-refractivity contribution in [2.45, 2.75) is 77.4 Å². The number of rotatable bonds is 6. The number of carbonyl (C=O) groups is 1. The highest BCUT2D eigenvalue weighted by atomic mass is 16.2. The molecule has 0 aromatic carbocycles. The highest BCUT2D eigenvalue weighted by molar-refractivity contribution is 5.82. The van der Waals surface area contributed by atoms with Crippen molar-refractivity contribution in [3.05, 3.63) is 0 Å². The molecule has 1 saturated heterocycles. The van der Waals surface area contributed by atoms with Gasteiger partial charge in [-0.15, -0.1) is 0 Å². The molecule has 0 saturated carbocycles. The Morgan fingerprint density at radius 3 is 2.74 bits per heavy atom. The lowest BCUT2D eigenvalue weighted by Crippen LogP contribution is -2.55. The molecule has 2 unspecified atom stereocenters. The summed E-state index contributed by atoms with van der Waals surface area (Å²) in [6, 6.07) is 0.423. The number of amides is 1. The molecule has 1 aliphatic rings. The largest absolute Gasteiger partial charge is 0.350 e. The molecule has 1 aliphatic heterocycles. The molecular weight excluding hydrogens is 238 g/mol. The zero-order valence-corrected chi connectivity index (χ0v) is 13.0. The lowest BCUT2D eigenvalue weighted by molar-refractivity contribution is -0.129. The first-order valence-electron chi connectivity index (χ1n) is 7.69. The third kappa shape index (κ3) is 4.77. The molecule has 4 nitrogen and oxygen atoms in total. The summed E-state index contributed by atoms with van der Waals surface area (Å²) < 4.78 is 0.